The summed E-state index contributed by atoms with van der Waals surface area (Å²) in [6, 6.07) is 10.6. The van der Waals surface area contributed by atoms with E-state index < -0.39 is 0 Å². The van der Waals surface area contributed by atoms with Gasteiger partial charge in [0.1, 0.15) is 0 Å². The van der Waals surface area contributed by atoms with Crippen molar-refractivity contribution in [3.63, 3.8) is 0 Å². The van der Waals surface area contributed by atoms with E-state index in [1.165, 1.54) is 6.20 Å². The van der Waals surface area contributed by atoms with Crippen molar-refractivity contribution >= 4 is 11.7 Å². The third kappa shape index (κ3) is 3.79. The molecule has 0 saturated heterocycles. The highest BCUT2D eigenvalue weighted by molar-refractivity contribution is 5.97. The number of benzene rings is 1. The van der Waals surface area contributed by atoms with Gasteiger partial charge in [0.15, 0.2) is 5.84 Å². The van der Waals surface area contributed by atoms with Crippen molar-refractivity contribution in [3.8, 4) is 0 Å². The van der Waals surface area contributed by atoms with Crippen LogP contribution in [0.3, 0.4) is 0 Å². The Bertz CT molecular complexity index is 666. The van der Waals surface area contributed by atoms with Crippen molar-refractivity contribution in [1.29, 1.82) is 0 Å². The van der Waals surface area contributed by atoms with Gasteiger partial charge in [-0.25, -0.2) is 0 Å². The van der Waals surface area contributed by atoms with E-state index in [2.05, 4.69) is 15.5 Å². The number of hydrogen-bond donors (Lipinski definition) is 3. The minimum absolute atomic E-state index is 0.0333. The summed E-state index contributed by atoms with van der Waals surface area (Å²) in [7, 11) is 0. The average Bonchev–Trinajstić information content (AvgIpc) is 2.52. The van der Waals surface area contributed by atoms with E-state index in [1.807, 2.05) is 13.0 Å². The van der Waals surface area contributed by atoms with Crippen LogP contribution in [0.2, 0.25) is 0 Å². The van der Waals surface area contributed by atoms with Crippen molar-refractivity contribution in [3.05, 3.63) is 65.0 Å². The topological polar surface area (TPSA) is 101 Å². The fourth-order valence-electron chi connectivity index (χ4n) is 1.78. The predicted octanol–water partition coefficient (Wildman–Crippen LogP) is 1.41. The number of carbonyl (C=O) groups excluding carboxylic acids is 1. The van der Waals surface area contributed by atoms with Gasteiger partial charge in [-0.3, -0.25) is 9.78 Å². The van der Waals surface area contributed by atoms with Gasteiger partial charge < -0.3 is 16.3 Å². The molecular weight excluding hydrogens is 268 g/mol. The number of nitrogens with zero attached hydrogens (tertiary/aromatic N) is 2. The number of rotatable bonds is 4. The fourth-order valence-corrected chi connectivity index (χ4v) is 1.78. The van der Waals surface area contributed by atoms with E-state index in [0.717, 1.165) is 11.3 Å². The molecule has 1 aromatic heterocycles. The summed E-state index contributed by atoms with van der Waals surface area (Å²) in [6.07, 6.45) is 1.54. The van der Waals surface area contributed by atoms with Crippen molar-refractivity contribution < 1.29 is 10.0 Å². The number of aromatic nitrogens is 1. The molecule has 2 rings (SSSR count). The number of amidine groups is 1. The van der Waals surface area contributed by atoms with Crippen molar-refractivity contribution in [2.45, 2.75) is 13.5 Å². The fraction of sp³-hybridized carbons (Fsp3) is 0.133. The van der Waals surface area contributed by atoms with Crippen LogP contribution in [0.25, 0.3) is 0 Å². The van der Waals surface area contributed by atoms with E-state index in [4.69, 9.17) is 10.9 Å². The molecule has 0 unspecified atom stereocenters. The van der Waals surface area contributed by atoms with Gasteiger partial charge in [0, 0.05) is 24.0 Å². The largest absolute Gasteiger partial charge is 0.409 e. The van der Waals surface area contributed by atoms with Crippen LogP contribution in [0.1, 0.15) is 27.2 Å². The van der Waals surface area contributed by atoms with E-state index in [1.54, 1.807) is 30.3 Å². The Morgan fingerprint density at radius 3 is 2.81 bits per heavy atom. The van der Waals surface area contributed by atoms with Gasteiger partial charge >= 0.3 is 0 Å². The van der Waals surface area contributed by atoms with Crippen LogP contribution in [-0.4, -0.2) is 21.9 Å². The summed E-state index contributed by atoms with van der Waals surface area (Å²) in [5, 5.41) is 14.4. The Labute approximate surface area is 122 Å². The molecule has 21 heavy (non-hydrogen) atoms. The Morgan fingerprint density at radius 2 is 2.14 bits per heavy atom. The minimum Gasteiger partial charge on any atom is -0.409 e. The summed E-state index contributed by atoms with van der Waals surface area (Å²) in [6.45, 7) is 2.21. The normalized spacial score (nSPS) is 11.2. The number of amides is 1. The van der Waals surface area contributed by atoms with E-state index in [9.17, 15) is 4.79 Å². The first-order chi connectivity index (χ1) is 10.1. The van der Waals surface area contributed by atoms with Gasteiger partial charge in [-0.05, 0) is 30.7 Å². The van der Waals surface area contributed by atoms with Crippen LogP contribution in [0.4, 0.5) is 0 Å². The van der Waals surface area contributed by atoms with E-state index in [-0.39, 0.29) is 11.7 Å². The van der Waals surface area contributed by atoms with Gasteiger partial charge in [0.25, 0.3) is 5.91 Å². The maximum Gasteiger partial charge on any atom is 0.253 e. The number of carbonyl (C=O) groups is 1. The van der Waals surface area contributed by atoms with Crippen LogP contribution in [0.15, 0.2) is 47.8 Å². The third-order valence-corrected chi connectivity index (χ3v) is 2.96. The summed E-state index contributed by atoms with van der Waals surface area (Å²) in [4.78, 5) is 16.0. The number of pyridine rings is 1. The molecule has 0 aliphatic heterocycles. The molecule has 0 saturated carbocycles. The molecule has 6 heteroatoms. The van der Waals surface area contributed by atoms with Crippen molar-refractivity contribution in [2.24, 2.45) is 10.9 Å². The van der Waals surface area contributed by atoms with E-state index >= 15 is 0 Å². The number of nitrogens with one attached hydrogen (secondary N) is 1. The molecule has 0 aliphatic rings. The predicted molar refractivity (Wildman–Crippen MR) is 79.1 cm³/mol. The zero-order valence-electron chi connectivity index (χ0n) is 11.6. The lowest BCUT2D eigenvalue weighted by molar-refractivity contribution is 0.0950. The van der Waals surface area contributed by atoms with E-state index in [0.29, 0.717) is 17.7 Å². The highest BCUT2D eigenvalue weighted by Crippen LogP contribution is 2.06. The molecule has 0 fully saturated rings. The van der Waals surface area contributed by atoms with Crippen LogP contribution in [-0.2, 0) is 6.54 Å². The first-order valence-electron chi connectivity index (χ1n) is 6.38. The molecule has 2 aromatic rings. The summed E-state index contributed by atoms with van der Waals surface area (Å²) in [5.74, 6) is -0.164. The highest BCUT2D eigenvalue weighted by Gasteiger charge is 2.06. The standard InChI is InChI=1S/C15H16N4O2/c1-10-5-6-13(9-17-10)15(20)18-8-11-3-2-4-12(7-11)14(16)19-21/h2-7,9,21H,8H2,1H3,(H2,16,19)(H,18,20). The minimum atomic E-state index is -0.197. The Kier molecular flexibility index (Phi) is 4.50. The molecule has 0 spiro atoms. The van der Waals surface area contributed by atoms with Crippen molar-refractivity contribution in [1.82, 2.24) is 10.3 Å². The Balaban J connectivity index is 2.03. The van der Waals surface area contributed by atoms with Crippen LogP contribution in [0, 0.1) is 6.92 Å². The number of oxime groups is 1. The third-order valence-electron chi connectivity index (χ3n) is 2.96. The van der Waals surface area contributed by atoms with Gasteiger partial charge in [-0.1, -0.05) is 23.4 Å². The quantitative estimate of drug-likeness (QED) is 0.342. The molecule has 1 amide bonds. The molecule has 6 nitrogen and oxygen atoms in total. The maximum absolute atomic E-state index is 12.0. The van der Waals surface area contributed by atoms with Crippen molar-refractivity contribution in [2.75, 3.05) is 0 Å². The van der Waals surface area contributed by atoms with Crippen LogP contribution < -0.4 is 11.1 Å². The Hall–Kier alpha value is -2.89. The summed E-state index contributed by atoms with van der Waals surface area (Å²) < 4.78 is 0. The molecular formula is C15H16N4O2. The molecule has 4 N–H and O–H groups in total. The second-order valence-corrected chi connectivity index (χ2v) is 4.56. The molecule has 0 bridgehead atoms. The summed E-state index contributed by atoms with van der Waals surface area (Å²) >= 11 is 0. The van der Waals surface area contributed by atoms with Gasteiger partial charge in [-0.2, -0.15) is 0 Å². The zero-order chi connectivity index (χ0) is 15.2. The second-order valence-electron chi connectivity index (χ2n) is 4.56. The lowest BCUT2D eigenvalue weighted by Crippen LogP contribution is -2.23. The molecule has 108 valence electrons. The number of aryl methyl sites for hydroxylation is 1. The van der Waals surface area contributed by atoms with Gasteiger partial charge in [0.2, 0.25) is 0 Å². The lowest BCUT2D eigenvalue weighted by atomic mass is 10.1. The van der Waals surface area contributed by atoms with Crippen LogP contribution >= 0.6 is 0 Å². The number of nitrogens with two attached hydrogens (primary N) is 1. The summed E-state index contributed by atoms with van der Waals surface area (Å²) in [5.41, 5.74) is 8.35. The van der Waals surface area contributed by atoms with Gasteiger partial charge in [0.05, 0.1) is 5.56 Å². The van der Waals surface area contributed by atoms with Gasteiger partial charge in [-0.15, -0.1) is 0 Å². The monoisotopic (exact) mass is 284 g/mol. The highest BCUT2D eigenvalue weighted by atomic mass is 16.4. The number of hydrogen-bond acceptors (Lipinski definition) is 4. The smallest absolute Gasteiger partial charge is 0.253 e. The molecule has 0 aliphatic carbocycles. The molecule has 0 atom stereocenters. The first kappa shape index (κ1) is 14.5. The first-order valence-corrected chi connectivity index (χ1v) is 6.38. The molecule has 0 radical (unpaired) electrons. The Morgan fingerprint density at radius 1 is 1.33 bits per heavy atom. The average molecular weight is 284 g/mol. The zero-order valence-corrected chi connectivity index (χ0v) is 11.6. The lowest BCUT2D eigenvalue weighted by Gasteiger charge is -2.07. The SMILES string of the molecule is Cc1ccc(C(=O)NCc2cccc(C(N)=NO)c2)cn1. The molecule has 1 heterocycles. The maximum atomic E-state index is 12.0. The second kappa shape index (κ2) is 6.51. The van der Waals surface area contributed by atoms with Crippen LogP contribution in [0.5, 0.6) is 0 Å². The molecule has 1 aromatic carbocycles.